The van der Waals surface area contributed by atoms with E-state index in [4.69, 9.17) is 4.74 Å². The first kappa shape index (κ1) is 20.1. The highest BCUT2D eigenvalue weighted by molar-refractivity contribution is 5.98. The maximum atomic E-state index is 13.1. The first-order valence-corrected chi connectivity index (χ1v) is 10.9. The topological polar surface area (TPSA) is 32.8 Å². The second-order valence-corrected chi connectivity index (χ2v) is 8.42. The van der Waals surface area contributed by atoms with Gasteiger partial charge in [0.1, 0.15) is 5.75 Å². The molecule has 0 radical (unpaired) electrons. The summed E-state index contributed by atoms with van der Waals surface area (Å²) >= 11 is 0. The smallest absolute Gasteiger partial charge is 0.167 e. The summed E-state index contributed by atoms with van der Waals surface area (Å²) in [6.45, 7) is 5.37. The van der Waals surface area contributed by atoms with Gasteiger partial charge in [0.25, 0.3) is 0 Å². The zero-order valence-electron chi connectivity index (χ0n) is 17.4. The van der Waals surface area contributed by atoms with Crippen molar-refractivity contribution in [3.63, 3.8) is 0 Å². The Hall–Kier alpha value is -2.17. The van der Waals surface area contributed by atoms with Crippen molar-refractivity contribution in [1.82, 2.24) is 9.80 Å². The van der Waals surface area contributed by atoms with Crippen molar-refractivity contribution in [2.45, 2.75) is 38.3 Å². The highest BCUT2D eigenvalue weighted by Crippen LogP contribution is 2.27. The van der Waals surface area contributed by atoms with E-state index in [9.17, 15) is 4.79 Å². The van der Waals surface area contributed by atoms with Crippen LogP contribution in [0.3, 0.4) is 0 Å². The number of piperidine rings is 2. The monoisotopic (exact) mass is 392 g/mol. The molecular formula is C25H32N2O2. The number of ketones is 1. The van der Waals surface area contributed by atoms with Crippen LogP contribution in [0, 0.1) is 5.92 Å². The Morgan fingerprint density at radius 1 is 1.00 bits per heavy atom. The fourth-order valence-corrected chi connectivity index (χ4v) is 4.85. The number of methoxy groups -OCH3 is 1. The van der Waals surface area contributed by atoms with Crippen LogP contribution >= 0.6 is 0 Å². The molecule has 2 aromatic rings. The van der Waals surface area contributed by atoms with Gasteiger partial charge >= 0.3 is 0 Å². The Labute approximate surface area is 174 Å². The summed E-state index contributed by atoms with van der Waals surface area (Å²) in [6.07, 6.45) is 4.52. The third-order valence-corrected chi connectivity index (χ3v) is 6.50. The zero-order valence-corrected chi connectivity index (χ0v) is 17.4. The largest absolute Gasteiger partial charge is 0.497 e. The van der Waals surface area contributed by atoms with E-state index in [1.54, 1.807) is 7.11 Å². The van der Waals surface area contributed by atoms with E-state index in [0.29, 0.717) is 6.04 Å². The highest BCUT2D eigenvalue weighted by atomic mass is 16.5. The molecule has 2 aliphatic heterocycles. The number of ether oxygens (including phenoxy) is 1. The Morgan fingerprint density at radius 2 is 1.79 bits per heavy atom. The van der Waals surface area contributed by atoms with Crippen LogP contribution in [-0.4, -0.2) is 54.9 Å². The van der Waals surface area contributed by atoms with Crippen molar-refractivity contribution in [2.75, 3.05) is 33.3 Å². The van der Waals surface area contributed by atoms with E-state index < -0.39 is 0 Å². The lowest BCUT2D eigenvalue weighted by molar-refractivity contribution is 0.0584. The molecule has 4 rings (SSSR count). The predicted molar refractivity (Wildman–Crippen MR) is 116 cm³/mol. The van der Waals surface area contributed by atoms with Crippen LogP contribution in [0.1, 0.15) is 41.6 Å². The normalized spacial score (nSPS) is 21.8. The van der Waals surface area contributed by atoms with E-state index in [2.05, 4.69) is 40.1 Å². The predicted octanol–water partition coefficient (Wildman–Crippen LogP) is 4.25. The van der Waals surface area contributed by atoms with Crippen molar-refractivity contribution in [3.8, 4) is 5.75 Å². The lowest BCUT2D eigenvalue weighted by Crippen LogP contribution is -2.49. The highest BCUT2D eigenvalue weighted by Gasteiger charge is 2.32. The Kier molecular flexibility index (Phi) is 6.63. The van der Waals surface area contributed by atoms with Gasteiger partial charge in [0.15, 0.2) is 5.78 Å². The Bertz CT molecular complexity index is 799. The maximum Gasteiger partial charge on any atom is 0.167 e. The number of nitrogens with zero attached hydrogens (tertiary/aromatic N) is 2. The van der Waals surface area contributed by atoms with Gasteiger partial charge in [-0.3, -0.25) is 14.6 Å². The number of hydrogen-bond acceptors (Lipinski definition) is 4. The van der Waals surface area contributed by atoms with Crippen LogP contribution in [0.5, 0.6) is 5.75 Å². The molecule has 2 heterocycles. The number of hydrogen-bond donors (Lipinski definition) is 0. The molecule has 0 bridgehead atoms. The average Bonchev–Trinajstić information content (AvgIpc) is 2.80. The fraction of sp³-hybridized carbons (Fsp3) is 0.480. The average molecular weight is 393 g/mol. The number of likely N-dealkylation sites (tertiary alicyclic amines) is 2. The molecule has 4 heteroatoms. The lowest BCUT2D eigenvalue weighted by Gasteiger charge is -2.42. The van der Waals surface area contributed by atoms with Crippen molar-refractivity contribution in [1.29, 1.82) is 0 Å². The molecule has 0 amide bonds. The fourth-order valence-electron chi connectivity index (χ4n) is 4.85. The van der Waals surface area contributed by atoms with Crippen LogP contribution < -0.4 is 4.74 Å². The van der Waals surface area contributed by atoms with E-state index in [-0.39, 0.29) is 11.7 Å². The summed E-state index contributed by atoms with van der Waals surface area (Å²) in [6, 6.07) is 19.0. The number of benzene rings is 2. The molecule has 2 aromatic carbocycles. The molecule has 154 valence electrons. The van der Waals surface area contributed by atoms with E-state index in [1.165, 1.54) is 18.4 Å². The van der Waals surface area contributed by atoms with Crippen molar-refractivity contribution < 1.29 is 9.53 Å². The van der Waals surface area contributed by atoms with Gasteiger partial charge in [0.2, 0.25) is 0 Å². The van der Waals surface area contributed by atoms with Gasteiger partial charge in [0.05, 0.1) is 7.11 Å². The summed E-state index contributed by atoms with van der Waals surface area (Å²) < 4.78 is 5.29. The van der Waals surface area contributed by atoms with E-state index in [0.717, 1.165) is 56.9 Å². The molecule has 4 nitrogen and oxygen atoms in total. The van der Waals surface area contributed by atoms with Gasteiger partial charge < -0.3 is 4.74 Å². The lowest BCUT2D eigenvalue weighted by atomic mass is 9.88. The molecule has 2 aliphatic rings. The second kappa shape index (κ2) is 9.55. The number of rotatable bonds is 6. The molecule has 2 saturated heterocycles. The summed E-state index contributed by atoms with van der Waals surface area (Å²) in [5.74, 6) is 1.14. The first-order chi connectivity index (χ1) is 14.2. The first-order valence-electron chi connectivity index (χ1n) is 10.9. The molecule has 0 aromatic heterocycles. The van der Waals surface area contributed by atoms with Crippen molar-refractivity contribution >= 4 is 5.78 Å². The summed E-state index contributed by atoms with van der Waals surface area (Å²) in [5, 5.41) is 0. The second-order valence-electron chi connectivity index (χ2n) is 8.42. The van der Waals surface area contributed by atoms with E-state index in [1.807, 2.05) is 24.3 Å². The van der Waals surface area contributed by atoms with Crippen LogP contribution in [0.25, 0.3) is 0 Å². The molecule has 0 aliphatic carbocycles. The van der Waals surface area contributed by atoms with Gasteiger partial charge in [-0.05, 0) is 63.0 Å². The zero-order chi connectivity index (χ0) is 20.1. The molecule has 0 N–H and O–H groups in total. The Morgan fingerprint density at radius 3 is 2.55 bits per heavy atom. The van der Waals surface area contributed by atoms with Gasteiger partial charge in [-0.1, -0.05) is 42.5 Å². The van der Waals surface area contributed by atoms with Crippen LogP contribution in [0.15, 0.2) is 54.6 Å². The van der Waals surface area contributed by atoms with Crippen LogP contribution in [-0.2, 0) is 6.54 Å². The molecular weight excluding hydrogens is 360 g/mol. The SMILES string of the molecule is COc1cccc(C(=O)[C@@H]2CCCN(C3CCN(Cc4ccccc4)CC3)C2)c1. The maximum absolute atomic E-state index is 13.1. The van der Waals surface area contributed by atoms with Crippen molar-refractivity contribution in [2.24, 2.45) is 5.92 Å². The Balaban J connectivity index is 1.31. The molecule has 0 spiro atoms. The molecule has 2 fully saturated rings. The van der Waals surface area contributed by atoms with Gasteiger partial charge in [-0.15, -0.1) is 0 Å². The van der Waals surface area contributed by atoms with Gasteiger partial charge in [-0.25, -0.2) is 0 Å². The molecule has 0 saturated carbocycles. The quantitative estimate of drug-likeness (QED) is 0.688. The summed E-state index contributed by atoms with van der Waals surface area (Å²) in [7, 11) is 1.65. The molecule has 0 unspecified atom stereocenters. The molecule has 29 heavy (non-hydrogen) atoms. The minimum Gasteiger partial charge on any atom is -0.497 e. The summed E-state index contributed by atoms with van der Waals surface area (Å²) in [5.41, 5.74) is 2.18. The van der Waals surface area contributed by atoms with Gasteiger partial charge in [-0.2, -0.15) is 0 Å². The van der Waals surface area contributed by atoms with Crippen molar-refractivity contribution in [3.05, 3.63) is 65.7 Å². The third-order valence-electron chi connectivity index (χ3n) is 6.50. The standard InChI is InChI=1S/C25H32N2O2/c1-29-24-11-5-9-21(17-24)25(28)22-10-6-14-27(19-22)23-12-15-26(16-13-23)18-20-7-3-2-4-8-20/h2-5,7-9,11,17,22-23H,6,10,12-16,18-19H2,1H3/t22-/m1/s1. The van der Waals surface area contributed by atoms with Gasteiger partial charge in [0, 0.05) is 30.6 Å². The number of carbonyl (C=O) groups excluding carboxylic acids is 1. The summed E-state index contributed by atoms with van der Waals surface area (Å²) in [4.78, 5) is 18.2. The number of Topliss-reactive ketones (excluding diaryl/α,β-unsaturated/α-hetero) is 1. The van der Waals surface area contributed by atoms with Crippen LogP contribution in [0.2, 0.25) is 0 Å². The minimum absolute atomic E-state index is 0.109. The minimum atomic E-state index is 0.109. The van der Waals surface area contributed by atoms with E-state index >= 15 is 0 Å². The van der Waals surface area contributed by atoms with Crippen LogP contribution in [0.4, 0.5) is 0 Å². The third kappa shape index (κ3) is 5.06. The number of carbonyl (C=O) groups is 1. The molecule has 1 atom stereocenters.